The van der Waals surface area contributed by atoms with Crippen molar-refractivity contribution in [2.24, 2.45) is 0 Å². The molecule has 0 spiro atoms. The number of nitrogens with one attached hydrogen (secondary N) is 2. The molecule has 3 rings (SSSR count). The highest BCUT2D eigenvalue weighted by atomic mass is 16.5. The maximum absolute atomic E-state index is 12.1. The summed E-state index contributed by atoms with van der Waals surface area (Å²) in [5.41, 5.74) is 3.31. The van der Waals surface area contributed by atoms with Crippen LogP contribution in [-0.4, -0.2) is 37.0 Å². The van der Waals surface area contributed by atoms with E-state index in [2.05, 4.69) is 53.6 Å². The van der Waals surface area contributed by atoms with Gasteiger partial charge in [0.2, 0.25) is 0 Å². The number of amides is 2. The van der Waals surface area contributed by atoms with Crippen LogP contribution >= 0.6 is 0 Å². The van der Waals surface area contributed by atoms with Crippen molar-refractivity contribution in [2.75, 3.05) is 25.5 Å². The van der Waals surface area contributed by atoms with Gasteiger partial charge in [0.05, 0.1) is 0 Å². The van der Waals surface area contributed by atoms with Crippen molar-refractivity contribution in [1.29, 1.82) is 0 Å². The first-order valence-corrected chi connectivity index (χ1v) is 10.5. The van der Waals surface area contributed by atoms with Gasteiger partial charge in [0.25, 0.3) is 5.91 Å². The first-order chi connectivity index (χ1) is 15.0. The fourth-order valence-corrected chi connectivity index (χ4v) is 3.39. The van der Waals surface area contributed by atoms with Gasteiger partial charge in [-0.25, -0.2) is 4.79 Å². The van der Waals surface area contributed by atoms with Crippen molar-refractivity contribution in [3.05, 3.63) is 77.4 Å². The molecule has 3 aromatic carbocycles. The van der Waals surface area contributed by atoms with E-state index < -0.39 is 6.09 Å². The molecule has 0 saturated heterocycles. The Morgan fingerprint density at radius 3 is 2.10 bits per heavy atom. The molecule has 0 bridgehead atoms. The molecule has 2 amide bonds. The lowest BCUT2D eigenvalue weighted by Crippen LogP contribution is -2.21. The molecule has 0 heterocycles. The van der Waals surface area contributed by atoms with Gasteiger partial charge in [0.15, 0.2) is 0 Å². The number of rotatable bonds is 8. The molecule has 0 fully saturated rings. The van der Waals surface area contributed by atoms with Crippen LogP contribution in [-0.2, 0) is 17.9 Å². The van der Waals surface area contributed by atoms with Gasteiger partial charge in [-0.05, 0) is 71.4 Å². The highest BCUT2D eigenvalue weighted by Crippen LogP contribution is 2.20. The van der Waals surface area contributed by atoms with Crippen LogP contribution in [0.5, 0.6) is 0 Å². The Kier molecular flexibility index (Phi) is 7.62. The number of benzene rings is 3. The number of anilines is 1. The molecule has 6 heteroatoms. The van der Waals surface area contributed by atoms with Crippen molar-refractivity contribution in [1.82, 2.24) is 10.2 Å². The SMILES string of the molecule is CCN(CC)Cc1ccc2cc(COC(=O)Nc3ccc(C(=O)NC)cc3)ccc2c1. The quantitative estimate of drug-likeness (QED) is 0.551. The molecule has 0 unspecified atom stereocenters. The first-order valence-electron chi connectivity index (χ1n) is 10.5. The molecular formula is C25H29N3O3. The lowest BCUT2D eigenvalue weighted by atomic mass is 10.0. The van der Waals surface area contributed by atoms with Gasteiger partial charge in [0, 0.05) is 24.8 Å². The van der Waals surface area contributed by atoms with Crippen LogP contribution in [0.15, 0.2) is 60.7 Å². The smallest absolute Gasteiger partial charge is 0.411 e. The molecule has 0 aliphatic rings. The fraction of sp³-hybridized carbons (Fsp3) is 0.280. The number of carbonyl (C=O) groups is 2. The Morgan fingerprint density at radius 1 is 0.871 bits per heavy atom. The van der Waals surface area contributed by atoms with Gasteiger partial charge in [-0.1, -0.05) is 38.1 Å². The minimum Gasteiger partial charge on any atom is -0.444 e. The van der Waals surface area contributed by atoms with E-state index in [0.717, 1.165) is 30.6 Å². The van der Waals surface area contributed by atoms with Crippen LogP contribution < -0.4 is 10.6 Å². The molecule has 0 aliphatic heterocycles. The third-order valence-electron chi connectivity index (χ3n) is 5.26. The fourth-order valence-electron chi connectivity index (χ4n) is 3.39. The van der Waals surface area contributed by atoms with E-state index in [9.17, 15) is 9.59 Å². The van der Waals surface area contributed by atoms with Gasteiger partial charge in [-0.15, -0.1) is 0 Å². The summed E-state index contributed by atoms with van der Waals surface area (Å²) in [6, 6.07) is 19.2. The molecule has 3 aromatic rings. The Balaban J connectivity index is 1.57. The van der Waals surface area contributed by atoms with E-state index in [-0.39, 0.29) is 12.5 Å². The van der Waals surface area contributed by atoms with Crippen molar-refractivity contribution in [3.8, 4) is 0 Å². The summed E-state index contributed by atoms with van der Waals surface area (Å²) in [6.07, 6.45) is -0.539. The molecular weight excluding hydrogens is 390 g/mol. The van der Waals surface area contributed by atoms with Crippen molar-refractivity contribution < 1.29 is 14.3 Å². The van der Waals surface area contributed by atoms with E-state index in [1.54, 1.807) is 31.3 Å². The highest BCUT2D eigenvalue weighted by Gasteiger charge is 2.07. The third kappa shape index (κ3) is 6.06. The minimum absolute atomic E-state index is 0.175. The van der Waals surface area contributed by atoms with Crippen LogP contribution in [0.4, 0.5) is 10.5 Å². The summed E-state index contributed by atoms with van der Waals surface area (Å²) in [4.78, 5) is 26.1. The maximum atomic E-state index is 12.1. The second kappa shape index (κ2) is 10.6. The van der Waals surface area contributed by atoms with E-state index in [0.29, 0.717) is 11.3 Å². The van der Waals surface area contributed by atoms with Gasteiger partial charge in [-0.2, -0.15) is 0 Å². The van der Waals surface area contributed by atoms with E-state index in [1.165, 1.54) is 10.9 Å². The zero-order valence-electron chi connectivity index (χ0n) is 18.3. The number of ether oxygens (including phenoxy) is 1. The lowest BCUT2D eigenvalue weighted by Gasteiger charge is -2.18. The largest absolute Gasteiger partial charge is 0.444 e. The summed E-state index contributed by atoms with van der Waals surface area (Å²) in [5.74, 6) is -0.175. The van der Waals surface area contributed by atoms with Gasteiger partial charge < -0.3 is 10.1 Å². The first kappa shape index (κ1) is 22.3. The number of hydrogen-bond donors (Lipinski definition) is 2. The molecule has 31 heavy (non-hydrogen) atoms. The van der Waals surface area contributed by atoms with Crippen molar-refractivity contribution in [2.45, 2.75) is 27.0 Å². The molecule has 162 valence electrons. The average molecular weight is 420 g/mol. The second-order valence-electron chi connectivity index (χ2n) is 7.33. The minimum atomic E-state index is -0.539. The number of nitrogens with zero attached hydrogens (tertiary/aromatic N) is 1. The van der Waals surface area contributed by atoms with Crippen molar-refractivity contribution in [3.63, 3.8) is 0 Å². The maximum Gasteiger partial charge on any atom is 0.411 e. The van der Waals surface area contributed by atoms with Gasteiger partial charge in [0.1, 0.15) is 6.61 Å². The Hall–Kier alpha value is -3.38. The highest BCUT2D eigenvalue weighted by molar-refractivity contribution is 5.94. The van der Waals surface area contributed by atoms with Crippen LogP contribution in [0.3, 0.4) is 0 Å². The van der Waals surface area contributed by atoms with Crippen LogP contribution in [0, 0.1) is 0 Å². The molecule has 0 radical (unpaired) electrons. The average Bonchev–Trinajstić information content (AvgIpc) is 2.81. The summed E-state index contributed by atoms with van der Waals surface area (Å²) < 4.78 is 5.35. The zero-order chi connectivity index (χ0) is 22.2. The summed E-state index contributed by atoms with van der Waals surface area (Å²) >= 11 is 0. The second-order valence-corrected chi connectivity index (χ2v) is 7.33. The van der Waals surface area contributed by atoms with Crippen LogP contribution in [0.2, 0.25) is 0 Å². The zero-order valence-corrected chi connectivity index (χ0v) is 18.3. The summed E-state index contributed by atoms with van der Waals surface area (Å²) in [6.45, 7) is 7.54. The Labute approximate surface area is 183 Å². The van der Waals surface area contributed by atoms with Crippen LogP contribution in [0.1, 0.15) is 35.3 Å². The van der Waals surface area contributed by atoms with E-state index in [1.807, 2.05) is 12.1 Å². The monoisotopic (exact) mass is 419 g/mol. The summed E-state index contributed by atoms with van der Waals surface area (Å²) in [7, 11) is 1.57. The van der Waals surface area contributed by atoms with E-state index >= 15 is 0 Å². The Morgan fingerprint density at radius 2 is 1.48 bits per heavy atom. The topological polar surface area (TPSA) is 70.7 Å². The third-order valence-corrected chi connectivity index (χ3v) is 5.26. The standard InChI is InChI=1S/C25H29N3O3/c1-4-28(5-2)16-18-6-8-22-15-19(7-9-21(22)14-18)17-31-25(30)27-23-12-10-20(11-13-23)24(29)26-3/h6-15H,4-5,16-17H2,1-3H3,(H,26,29)(H,27,30). The van der Waals surface area contributed by atoms with Gasteiger partial charge in [-0.3, -0.25) is 15.0 Å². The predicted octanol–water partition coefficient (Wildman–Crippen LogP) is 4.79. The lowest BCUT2D eigenvalue weighted by molar-refractivity contribution is 0.0963. The predicted molar refractivity (Wildman–Crippen MR) is 124 cm³/mol. The normalized spacial score (nSPS) is 10.8. The number of hydrogen-bond acceptors (Lipinski definition) is 4. The molecule has 0 saturated carbocycles. The number of carbonyl (C=O) groups excluding carboxylic acids is 2. The van der Waals surface area contributed by atoms with E-state index in [4.69, 9.17) is 4.74 Å². The molecule has 2 N–H and O–H groups in total. The molecule has 6 nitrogen and oxygen atoms in total. The van der Waals surface area contributed by atoms with Gasteiger partial charge >= 0.3 is 6.09 Å². The molecule has 0 aliphatic carbocycles. The van der Waals surface area contributed by atoms with Crippen LogP contribution in [0.25, 0.3) is 10.8 Å². The summed E-state index contributed by atoms with van der Waals surface area (Å²) in [5, 5.41) is 7.52. The Bertz CT molecular complexity index is 1040. The van der Waals surface area contributed by atoms with Crippen molar-refractivity contribution >= 4 is 28.5 Å². The molecule has 0 atom stereocenters. The number of fused-ring (bicyclic) bond motifs is 1. The molecule has 0 aromatic heterocycles.